The number of rotatable bonds is 3. The maximum absolute atomic E-state index is 3.51. The van der Waals surface area contributed by atoms with Crippen LogP contribution >= 0.6 is 23.1 Å². The van der Waals surface area contributed by atoms with Crippen LogP contribution in [0.15, 0.2) is 40.6 Å². The van der Waals surface area contributed by atoms with Gasteiger partial charge in [0, 0.05) is 15.0 Å². The van der Waals surface area contributed by atoms with Crippen LogP contribution in [0.25, 0.3) is 0 Å². The molecule has 0 saturated heterocycles. The van der Waals surface area contributed by atoms with Gasteiger partial charge in [-0.25, -0.2) is 0 Å². The van der Waals surface area contributed by atoms with E-state index in [-0.39, 0.29) is 0 Å². The summed E-state index contributed by atoms with van der Waals surface area (Å²) in [6.07, 6.45) is 1.17. The van der Waals surface area contributed by atoms with E-state index in [1.54, 1.807) is 0 Å². The van der Waals surface area contributed by atoms with Crippen molar-refractivity contribution in [3.05, 3.63) is 51.7 Å². The Hall–Kier alpha value is -0.770. The number of hydrogen-bond acceptors (Lipinski definition) is 3. The van der Waals surface area contributed by atoms with Crippen LogP contribution in [0.2, 0.25) is 0 Å². The molecule has 1 aliphatic rings. The minimum atomic E-state index is 0.461. The third-order valence-electron chi connectivity index (χ3n) is 3.54. The monoisotopic (exact) mass is 275 g/mol. The summed E-state index contributed by atoms with van der Waals surface area (Å²) in [5.41, 5.74) is 2.91. The van der Waals surface area contributed by atoms with Crippen LogP contribution in [-0.2, 0) is 6.42 Å². The molecule has 0 radical (unpaired) electrons. The topological polar surface area (TPSA) is 12.0 Å². The first kappa shape index (κ1) is 12.3. The summed E-state index contributed by atoms with van der Waals surface area (Å²) in [7, 11) is 2.08. The van der Waals surface area contributed by atoms with Gasteiger partial charge in [0.05, 0.1) is 6.04 Å². The number of hydrogen-bond donors (Lipinski definition) is 1. The second kappa shape index (κ2) is 5.08. The summed E-state index contributed by atoms with van der Waals surface area (Å²) >= 11 is 3.89. The van der Waals surface area contributed by atoms with Gasteiger partial charge in [0.1, 0.15) is 0 Å². The normalized spacial score (nSPS) is 19.8. The van der Waals surface area contributed by atoms with Crippen molar-refractivity contribution in [1.82, 2.24) is 5.32 Å². The Morgan fingerprint density at radius 1 is 1.28 bits per heavy atom. The Balaban J connectivity index is 1.86. The molecule has 0 saturated carbocycles. The highest BCUT2D eigenvalue weighted by molar-refractivity contribution is 8.00. The largest absolute Gasteiger partial charge is 0.311 e. The lowest BCUT2D eigenvalue weighted by Gasteiger charge is -2.22. The van der Waals surface area contributed by atoms with Crippen LogP contribution in [0, 0.1) is 6.92 Å². The van der Waals surface area contributed by atoms with Crippen molar-refractivity contribution in [3.8, 4) is 0 Å². The standard InChI is InChI=1S/C15H17NS2/c1-10-7-8-17-15(10)14(16-2)13-9-11-5-3-4-6-12(11)18-13/h3-8,13-14,16H,9H2,1-2H3. The van der Waals surface area contributed by atoms with Crippen LogP contribution in [0.3, 0.4) is 0 Å². The summed E-state index contributed by atoms with van der Waals surface area (Å²) in [4.78, 5) is 2.94. The number of aryl methyl sites for hydroxylation is 1. The smallest absolute Gasteiger partial charge is 0.0542 e. The summed E-state index contributed by atoms with van der Waals surface area (Å²) in [6, 6.07) is 11.5. The van der Waals surface area contributed by atoms with Crippen molar-refractivity contribution in [1.29, 1.82) is 0 Å². The second-order valence-electron chi connectivity index (χ2n) is 4.70. The zero-order valence-corrected chi connectivity index (χ0v) is 12.3. The van der Waals surface area contributed by atoms with Gasteiger partial charge in [-0.3, -0.25) is 0 Å². The van der Waals surface area contributed by atoms with E-state index in [4.69, 9.17) is 0 Å². The van der Waals surface area contributed by atoms with Gasteiger partial charge in [-0.15, -0.1) is 23.1 Å². The lowest BCUT2D eigenvalue weighted by molar-refractivity contribution is 0.575. The summed E-state index contributed by atoms with van der Waals surface area (Å²) < 4.78 is 0. The molecule has 3 heteroatoms. The number of benzene rings is 1. The SMILES string of the molecule is CNC(c1sccc1C)C1Cc2ccccc2S1. The summed E-state index contributed by atoms with van der Waals surface area (Å²) in [5, 5.41) is 6.32. The molecule has 0 amide bonds. The fraction of sp³-hybridized carbons (Fsp3) is 0.333. The first-order chi connectivity index (χ1) is 8.79. The molecule has 0 spiro atoms. The van der Waals surface area contributed by atoms with Gasteiger partial charge in [0.15, 0.2) is 0 Å². The van der Waals surface area contributed by atoms with Gasteiger partial charge in [-0.2, -0.15) is 0 Å². The fourth-order valence-electron chi connectivity index (χ4n) is 2.58. The number of nitrogens with one attached hydrogen (secondary N) is 1. The molecular formula is C15H17NS2. The molecular weight excluding hydrogens is 258 g/mol. The molecule has 1 aliphatic heterocycles. The summed E-state index contributed by atoms with van der Waals surface area (Å²) in [5.74, 6) is 0. The average Bonchev–Trinajstić information content (AvgIpc) is 2.97. The highest BCUT2D eigenvalue weighted by Gasteiger charge is 2.30. The summed E-state index contributed by atoms with van der Waals surface area (Å²) in [6.45, 7) is 2.21. The lowest BCUT2D eigenvalue weighted by Crippen LogP contribution is -2.26. The van der Waals surface area contributed by atoms with Gasteiger partial charge >= 0.3 is 0 Å². The van der Waals surface area contributed by atoms with Crippen molar-refractivity contribution in [3.63, 3.8) is 0 Å². The zero-order valence-electron chi connectivity index (χ0n) is 10.6. The molecule has 2 aromatic rings. The average molecular weight is 275 g/mol. The molecule has 1 aromatic carbocycles. The number of thiophene rings is 1. The molecule has 1 aromatic heterocycles. The molecule has 1 nitrogen and oxygen atoms in total. The molecule has 0 aliphatic carbocycles. The van der Waals surface area contributed by atoms with E-state index in [0.717, 1.165) is 0 Å². The van der Waals surface area contributed by atoms with Gasteiger partial charge in [0.25, 0.3) is 0 Å². The maximum Gasteiger partial charge on any atom is 0.0542 e. The van der Waals surface area contributed by atoms with E-state index in [2.05, 4.69) is 55.0 Å². The Bertz CT molecular complexity index is 522. The molecule has 2 heterocycles. The van der Waals surface area contributed by atoms with Crippen molar-refractivity contribution in [2.75, 3.05) is 7.05 Å². The molecule has 2 unspecified atom stereocenters. The van der Waals surface area contributed by atoms with Gasteiger partial charge < -0.3 is 5.32 Å². The van der Waals surface area contributed by atoms with Crippen LogP contribution in [0.5, 0.6) is 0 Å². The van der Waals surface area contributed by atoms with E-state index in [0.29, 0.717) is 11.3 Å². The van der Waals surface area contributed by atoms with Crippen LogP contribution < -0.4 is 5.32 Å². The van der Waals surface area contributed by atoms with Crippen LogP contribution in [0.4, 0.5) is 0 Å². The fourth-order valence-corrected chi connectivity index (χ4v) is 5.23. The van der Waals surface area contributed by atoms with E-state index in [1.807, 2.05) is 23.1 Å². The Morgan fingerprint density at radius 2 is 2.11 bits per heavy atom. The first-order valence-corrected chi connectivity index (χ1v) is 8.01. The molecule has 94 valence electrons. The minimum absolute atomic E-state index is 0.461. The number of thioether (sulfide) groups is 1. The van der Waals surface area contributed by atoms with Crippen molar-refractivity contribution in [2.45, 2.75) is 29.5 Å². The van der Waals surface area contributed by atoms with Crippen LogP contribution in [0.1, 0.15) is 22.0 Å². The maximum atomic E-state index is 3.51. The predicted octanol–water partition coefficient (Wildman–Crippen LogP) is 4.03. The minimum Gasteiger partial charge on any atom is -0.311 e. The lowest BCUT2D eigenvalue weighted by atomic mass is 10.0. The van der Waals surface area contributed by atoms with Crippen molar-refractivity contribution in [2.24, 2.45) is 0 Å². The predicted molar refractivity (Wildman–Crippen MR) is 80.6 cm³/mol. The van der Waals surface area contributed by atoms with E-state index in [9.17, 15) is 0 Å². The highest BCUT2D eigenvalue weighted by Crippen LogP contribution is 2.43. The second-order valence-corrected chi connectivity index (χ2v) is 6.93. The first-order valence-electron chi connectivity index (χ1n) is 6.25. The number of fused-ring (bicyclic) bond motifs is 1. The zero-order chi connectivity index (χ0) is 12.5. The molecule has 0 bridgehead atoms. The van der Waals surface area contributed by atoms with Gasteiger partial charge in [-0.05, 0) is 49.0 Å². The molecule has 2 atom stereocenters. The third kappa shape index (κ3) is 2.11. The quantitative estimate of drug-likeness (QED) is 0.907. The van der Waals surface area contributed by atoms with E-state index in [1.165, 1.54) is 27.3 Å². The molecule has 1 N–H and O–H groups in total. The van der Waals surface area contributed by atoms with Gasteiger partial charge in [-0.1, -0.05) is 18.2 Å². The highest BCUT2D eigenvalue weighted by atomic mass is 32.2. The third-order valence-corrected chi connectivity index (χ3v) is 6.03. The molecule has 3 rings (SSSR count). The van der Waals surface area contributed by atoms with Crippen LogP contribution in [-0.4, -0.2) is 12.3 Å². The Morgan fingerprint density at radius 3 is 2.78 bits per heavy atom. The van der Waals surface area contributed by atoms with Crippen molar-refractivity contribution >= 4 is 23.1 Å². The molecule has 18 heavy (non-hydrogen) atoms. The van der Waals surface area contributed by atoms with E-state index < -0.39 is 0 Å². The van der Waals surface area contributed by atoms with Gasteiger partial charge in [0.2, 0.25) is 0 Å². The Labute approximate surface area is 117 Å². The van der Waals surface area contributed by atoms with Crippen molar-refractivity contribution < 1.29 is 0 Å². The van der Waals surface area contributed by atoms with E-state index >= 15 is 0 Å². The Kier molecular flexibility index (Phi) is 3.46. The molecule has 0 fully saturated rings.